The van der Waals surface area contributed by atoms with Crippen LogP contribution in [0.1, 0.15) is 5.56 Å². The van der Waals surface area contributed by atoms with Crippen LogP contribution < -0.4 is 5.32 Å². The number of nitrogens with one attached hydrogen (secondary N) is 1. The molecule has 0 amide bonds. The van der Waals surface area contributed by atoms with E-state index in [0.29, 0.717) is 13.2 Å². The van der Waals surface area contributed by atoms with E-state index < -0.39 is 0 Å². The van der Waals surface area contributed by atoms with Crippen LogP contribution in [0, 0.1) is 0 Å². The first-order valence-electron chi connectivity index (χ1n) is 5.32. The summed E-state index contributed by atoms with van der Waals surface area (Å²) in [4.78, 5) is 11.3. The molecular formula is C12H16BrNO3. The molecule has 4 nitrogen and oxygen atoms in total. The van der Waals surface area contributed by atoms with E-state index in [2.05, 4.69) is 21.2 Å². The molecule has 0 saturated heterocycles. The summed E-state index contributed by atoms with van der Waals surface area (Å²) in [5, 5.41) is 2.93. The fourth-order valence-corrected chi connectivity index (χ4v) is 1.59. The maximum absolute atomic E-state index is 11.3. The second-order valence-electron chi connectivity index (χ2n) is 3.42. The Labute approximate surface area is 109 Å². The molecule has 0 spiro atoms. The first kappa shape index (κ1) is 14.2. The highest BCUT2D eigenvalue weighted by Crippen LogP contribution is 2.16. The van der Waals surface area contributed by atoms with Gasteiger partial charge in [-0.1, -0.05) is 34.1 Å². The minimum Gasteiger partial charge on any atom is -0.460 e. The van der Waals surface area contributed by atoms with Gasteiger partial charge in [-0.2, -0.15) is 0 Å². The normalized spacial score (nSPS) is 10.2. The molecule has 0 aromatic heterocycles. The Morgan fingerprint density at radius 2 is 2.18 bits per heavy atom. The molecule has 1 N–H and O–H groups in total. The Balaban J connectivity index is 2.22. The monoisotopic (exact) mass is 301 g/mol. The lowest BCUT2D eigenvalue weighted by Gasteiger charge is -2.07. The molecule has 0 aliphatic heterocycles. The fraction of sp³-hybridized carbons (Fsp3) is 0.417. The average molecular weight is 302 g/mol. The van der Waals surface area contributed by atoms with Gasteiger partial charge in [-0.05, 0) is 6.07 Å². The van der Waals surface area contributed by atoms with E-state index in [1.54, 1.807) is 7.11 Å². The highest BCUT2D eigenvalue weighted by Gasteiger charge is 2.04. The zero-order valence-electron chi connectivity index (χ0n) is 9.74. The van der Waals surface area contributed by atoms with E-state index in [9.17, 15) is 4.79 Å². The van der Waals surface area contributed by atoms with E-state index in [1.165, 1.54) is 0 Å². The van der Waals surface area contributed by atoms with Gasteiger partial charge in [0, 0.05) is 23.7 Å². The van der Waals surface area contributed by atoms with Crippen LogP contribution in [0.3, 0.4) is 0 Å². The van der Waals surface area contributed by atoms with Gasteiger partial charge in [-0.15, -0.1) is 0 Å². The lowest BCUT2D eigenvalue weighted by molar-refractivity contribution is -0.143. The van der Waals surface area contributed by atoms with Crippen LogP contribution in [0.25, 0.3) is 0 Å². The van der Waals surface area contributed by atoms with Crippen molar-refractivity contribution in [1.82, 2.24) is 5.32 Å². The summed E-state index contributed by atoms with van der Waals surface area (Å²) in [6.45, 7) is 1.71. The van der Waals surface area contributed by atoms with Crippen LogP contribution in [0.5, 0.6) is 0 Å². The second kappa shape index (κ2) is 8.22. The van der Waals surface area contributed by atoms with Crippen molar-refractivity contribution in [3.63, 3.8) is 0 Å². The van der Waals surface area contributed by atoms with Gasteiger partial charge < -0.3 is 14.8 Å². The molecule has 0 heterocycles. The van der Waals surface area contributed by atoms with Crippen LogP contribution in [-0.4, -0.2) is 32.8 Å². The van der Waals surface area contributed by atoms with Gasteiger partial charge in [0.2, 0.25) is 0 Å². The number of carbonyl (C=O) groups excluding carboxylic acids is 1. The predicted molar refractivity (Wildman–Crippen MR) is 68.7 cm³/mol. The number of hydrogen-bond acceptors (Lipinski definition) is 4. The number of benzene rings is 1. The Kier molecular flexibility index (Phi) is 6.84. The molecule has 0 atom stereocenters. The minimum atomic E-state index is -0.267. The first-order valence-corrected chi connectivity index (χ1v) is 6.12. The summed E-state index contributed by atoms with van der Waals surface area (Å²) in [5.74, 6) is -0.267. The molecule has 0 saturated carbocycles. The summed E-state index contributed by atoms with van der Waals surface area (Å²) in [5.41, 5.74) is 0.956. The zero-order chi connectivity index (χ0) is 12.5. The second-order valence-corrected chi connectivity index (χ2v) is 4.28. The van der Waals surface area contributed by atoms with Crippen LogP contribution in [0.4, 0.5) is 0 Å². The predicted octanol–water partition coefficient (Wildman–Crippen LogP) is 1.73. The topological polar surface area (TPSA) is 47.6 Å². The van der Waals surface area contributed by atoms with Crippen molar-refractivity contribution in [2.75, 3.05) is 26.8 Å². The lowest BCUT2D eigenvalue weighted by atomic mass is 10.2. The van der Waals surface area contributed by atoms with Gasteiger partial charge in [-0.3, -0.25) is 4.79 Å². The molecule has 1 aromatic rings. The first-order chi connectivity index (χ1) is 8.24. The van der Waals surface area contributed by atoms with Gasteiger partial charge in [0.1, 0.15) is 6.61 Å². The summed E-state index contributed by atoms with van der Waals surface area (Å²) in [6, 6.07) is 7.65. The van der Waals surface area contributed by atoms with Gasteiger partial charge in [0.25, 0.3) is 0 Å². The average Bonchev–Trinajstić information content (AvgIpc) is 2.34. The molecule has 0 aliphatic carbocycles. The zero-order valence-corrected chi connectivity index (χ0v) is 11.3. The SMILES string of the molecule is COCCNCC(=O)OCc1ccccc1Br. The molecule has 0 aliphatic rings. The molecule has 17 heavy (non-hydrogen) atoms. The number of rotatable bonds is 7. The Morgan fingerprint density at radius 1 is 1.41 bits per heavy atom. The minimum absolute atomic E-state index is 0.202. The highest BCUT2D eigenvalue weighted by atomic mass is 79.9. The quantitative estimate of drug-likeness (QED) is 0.615. The third kappa shape index (κ3) is 5.81. The van der Waals surface area contributed by atoms with E-state index in [-0.39, 0.29) is 19.1 Å². The molecule has 0 fully saturated rings. The van der Waals surface area contributed by atoms with Crippen LogP contribution in [-0.2, 0) is 20.9 Å². The van der Waals surface area contributed by atoms with Crippen LogP contribution in [0.15, 0.2) is 28.7 Å². The third-order valence-electron chi connectivity index (χ3n) is 2.10. The van der Waals surface area contributed by atoms with Crippen molar-refractivity contribution < 1.29 is 14.3 Å². The lowest BCUT2D eigenvalue weighted by Crippen LogP contribution is -2.27. The number of ether oxygens (including phenoxy) is 2. The van der Waals surface area contributed by atoms with Crippen molar-refractivity contribution >= 4 is 21.9 Å². The maximum atomic E-state index is 11.3. The van der Waals surface area contributed by atoms with Crippen LogP contribution in [0.2, 0.25) is 0 Å². The van der Waals surface area contributed by atoms with Crippen molar-refractivity contribution in [3.05, 3.63) is 34.3 Å². The van der Waals surface area contributed by atoms with Crippen LogP contribution >= 0.6 is 15.9 Å². The van der Waals surface area contributed by atoms with Crippen molar-refractivity contribution in [3.8, 4) is 0 Å². The summed E-state index contributed by atoms with van der Waals surface area (Å²) in [7, 11) is 1.62. The van der Waals surface area contributed by atoms with E-state index >= 15 is 0 Å². The molecular weight excluding hydrogens is 286 g/mol. The van der Waals surface area contributed by atoms with Gasteiger partial charge in [-0.25, -0.2) is 0 Å². The van der Waals surface area contributed by atoms with Crippen molar-refractivity contribution in [1.29, 1.82) is 0 Å². The number of methoxy groups -OCH3 is 1. The van der Waals surface area contributed by atoms with E-state index in [0.717, 1.165) is 10.0 Å². The fourth-order valence-electron chi connectivity index (χ4n) is 1.19. The number of halogens is 1. The van der Waals surface area contributed by atoms with Gasteiger partial charge >= 0.3 is 5.97 Å². The molecule has 1 rings (SSSR count). The third-order valence-corrected chi connectivity index (χ3v) is 2.87. The highest BCUT2D eigenvalue weighted by molar-refractivity contribution is 9.10. The molecule has 94 valence electrons. The smallest absolute Gasteiger partial charge is 0.320 e. The van der Waals surface area contributed by atoms with Crippen molar-refractivity contribution in [2.45, 2.75) is 6.61 Å². The van der Waals surface area contributed by atoms with E-state index in [4.69, 9.17) is 9.47 Å². The molecule has 0 radical (unpaired) electrons. The Morgan fingerprint density at radius 3 is 2.88 bits per heavy atom. The molecule has 1 aromatic carbocycles. The number of esters is 1. The van der Waals surface area contributed by atoms with Gasteiger partial charge in [0.05, 0.1) is 13.2 Å². The van der Waals surface area contributed by atoms with Gasteiger partial charge in [0.15, 0.2) is 0 Å². The Hall–Kier alpha value is -0.910. The molecule has 0 unspecified atom stereocenters. The number of carbonyl (C=O) groups is 1. The Bertz CT molecular complexity index is 357. The van der Waals surface area contributed by atoms with E-state index in [1.807, 2.05) is 24.3 Å². The number of hydrogen-bond donors (Lipinski definition) is 1. The summed E-state index contributed by atoms with van der Waals surface area (Å²) < 4.78 is 10.9. The maximum Gasteiger partial charge on any atom is 0.320 e. The standard InChI is InChI=1S/C12H16BrNO3/c1-16-7-6-14-8-12(15)17-9-10-4-2-3-5-11(10)13/h2-5,14H,6-9H2,1H3. The largest absolute Gasteiger partial charge is 0.460 e. The molecule has 0 bridgehead atoms. The molecule has 5 heteroatoms. The van der Waals surface area contributed by atoms with Crippen molar-refractivity contribution in [2.24, 2.45) is 0 Å². The summed E-state index contributed by atoms with van der Waals surface area (Å²) in [6.07, 6.45) is 0. The summed E-state index contributed by atoms with van der Waals surface area (Å²) >= 11 is 3.40.